The predicted molar refractivity (Wildman–Crippen MR) is 104 cm³/mol. The molecule has 0 spiro atoms. The molecule has 1 heterocycles. The molecule has 1 aliphatic heterocycles. The van der Waals surface area contributed by atoms with Gasteiger partial charge in [0.15, 0.2) is 0 Å². The zero-order chi connectivity index (χ0) is 17.6. The summed E-state index contributed by atoms with van der Waals surface area (Å²) >= 11 is 6.31. The number of benzene rings is 2. The van der Waals surface area contributed by atoms with E-state index in [1.807, 2.05) is 18.2 Å². The van der Waals surface area contributed by atoms with Crippen molar-refractivity contribution in [2.24, 2.45) is 0 Å². The van der Waals surface area contributed by atoms with Crippen molar-refractivity contribution in [3.05, 3.63) is 70.2 Å². The molecule has 1 N–H and O–H groups in total. The summed E-state index contributed by atoms with van der Waals surface area (Å²) in [7, 11) is 0. The third-order valence-electron chi connectivity index (χ3n) is 5.01. The van der Waals surface area contributed by atoms with Gasteiger partial charge in [0.05, 0.1) is 0 Å². The molecular formula is C21H27ClN2O. The number of rotatable bonds is 6. The minimum absolute atomic E-state index is 0.231. The maximum atomic E-state index is 9.49. The van der Waals surface area contributed by atoms with Gasteiger partial charge in [-0.1, -0.05) is 59.6 Å². The van der Waals surface area contributed by atoms with E-state index in [0.29, 0.717) is 6.04 Å². The zero-order valence-electron chi connectivity index (χ0n) is 14.9. The summed E-state index contributed by atoms with van der Waals surface area (Å²) in [6, 6.07) is 17.2. The van der Waals surface area contributed by atoms with Crippen LogP contribution in [0, 0.1) is 6.92 Å². The summed E-state index contributed by atoms with van der Waals surface area (Å²) in [6.07, 6.45) is 0.810. The summed E-state index contributed by atoms with van der Waals surface area (Å²) in [5.41, 5.74) is 3.81. The minimum Gasteiger partial charge on any atom is -0.396 e. The van der Waals surface area contributed by atoms with Crippen molar-refractivity contribution in [2.45, 2.75) is 32.5 Å². The molecule has 0 aromatic heterocycles. The van der Waals surface area contributed by atoms with Gasteiger partial charge in [-0.2, -0.15) is 0 Å². The van der Waals surface area contributed by atoms with Crippen LogP contribution in [0.25, 0.3) is 0 Å². The number of hydrogen-bond acceptors (Lipinski definition) is 3. The number of aliphatic hydroxyl groups is 1. The number of piperazine rings is 1. The Kier molecular flexibility index (Phi) is 6.49. The summed E-state index contributed by atoms with van der Waals surface area (Å²) < 4.78 is 0. The molecule has 3 nitrogen and oxygen atoms in total. The van der Waals surface area contributed by atoms with Gasteiger partial charge in [-0.15, -0.1) is 0 Å². The first-order valence-corrected chi connectivity index (χ1v) is 9.39. The average molecular weight is 359 g/mol. The lowest BCUT2D eigenvalue weighted by Crippen LogP contribution is -2.52. The average Bonchev–Trinajstić information content (AvgIpc) is 2.61. The highest BCUT2D eigenvalue weighted by molar-refractivity contribution is 6.31. The van der Waals surface area contributed by atoms with Gasteiger partial charge in [-0.05, 0) is 30.5 Å². The maximum Gasteiger partial charge on any atom is 0.0451 e. The number of aryl methyl sites for hydroxylation is 1. The molecular weight excluding hydrogens is 332 g/mol. The van der Waals surface area contributed by atoms with Crippen LogP contribution in [0.2, 0.25) is 5.02 Å². The Morgan fingerprint density at radius 3 is 2.52 bits per heavy atom. The Morgan fingerprint density at radius 2 is 1.80 bits per heavy atom. The minimum atomic E-state index is 0.231. The molecule has 1 unspecified atom stereocenters. The molecule has 25 heavy (non-hydrogen) atoms. The summed E-state index contributed by atoms with van der Waals surface area (Å²) in [5, 5.41) is 10.3. The second kappa shape index (κ2) is 8.81. The SMILES string of the molecule is Cc1ccc(CN2CCN(Cc3ccccc3Cl)CC2CCO)cc1. The molecule has 0 amide bonds. The van der Waals surface area contributed by atoms with Gasteiger partial charge in [0, 0.05) is 50.4 Å². The Balaban J connectivity index is 1.63. The van der Waals surface area contributed by atoms with Crippen molar-refractivity contribution in [1.82, 2.24) is 9.80 Å². The van der Waals surface area contributed by atoms with Gasteiger partial charge in [0.2, 0.25) is 0 Å². The summed E-state index contributed by atoms with van der Waals surface area (Å²) in [6.45, 7) is 7.19. The van der Waals surface area contributed by atoms with Crippen LogP contribution in [-0.2, 0) is 13.1 Å². The summed E-state index contributed by atoms with van der Waals surface area (Å²) in [4.78, 5) is 4.96. The van der Waals surface area contributed by atoms with E-state index in [4.69, 9.17) is 11.6 Å². The molecule has 1 atom stereocenters. The van der Waals surface area contributed by atoms with E-state index in [9.17, 15) is 5.11 Å². The maximum absolute atomic E-state index is 9.49. The van der Waals surface area contributed by atoms with Crippen LogP contribution < -0.4 is 0 Å². The second-order valence-corrected chi connectivity index (χ2v) is 7.36. The fourth-order valence-corrected chi connectivity index (χ4v) is 3.72. The molecule has 2 aromatic rings. The molecule has 134 valence electrons. The molecule has 4 heteroatoms. The zero-order valence-corrected chi connectivity index (χ0v) is 15.6. The van der Waals surface area contributed by atoms with Crippen LogP contribution in [0.5, 0.6) is 0 Å². The first-order chi connectivity index (χ1) is 12.2. The largest absolute Gasteiger partial charge is 0.396 e. The third-order valence-corrected chi connectivity index (χ3v) is 5.38. The topological polar surface area (TPSA) is 26.7 Å². The van der Waals surface area contributed by atoms with Crippen molar-refractivity contribution in [3.63, 3.8) is 0 Å². The van der Waals surface area contributed by atoms with Gasteiger partial charge >= 0.3 is 0 Å². The Bertz CT molecular complexity index is 674. The van der Waals surface area contributed by atoms with Gasteiger partial charge in [-0.3, -0.25) is 9.80 Å². The standard InChI is InChI=1S/C21H27ClN2O/c1-17-6-8-18(9-7-17)14-24-12-11-23(16-20(24)10-13-25)15-19-4-2-3-5-21(19)22/h2-9,20,25H,10-16H2,1H3. The van der Waals surface area contributed by atoms with E-state index in [0.717, 1.165) is 44.2 Å². The van der Waals surface area contributed by atoms with Gasteiger partial charge < -0.3 is 5.11 Å². The number of halogens is 1. The number of aliphatic hydroxyl groups excluding tert-OH is 1. The molecule has 0 saturated carbocycles. The first-order valence-electron chi connectivity index (χ1n) is 9.02. The lowest BCUT2D eigenvalue weighted by atomic mass is 10.1. The smallest absolute Gasteiger partial charge is 0.0451 e. The quantitative estimate of drug-likeness (QED) is 0.852. The van der Waals surface area contributed by atoms with Crippen LogP contribution in [0.4, 0.5) is 0 Å². The van der Waals surface area contributed by atoms with Gasteiger partial charge in [0.1, 0.15) is 0 Å². The van der Waals surface area contributed by atoms with Crippen molar-refractivity contribution in [1.29, 1.82) is 0 Å². The monoisotopic (exact) mass is 358 g/mol. The van der Waals surface area contributed by atoms with Crippen molar-refractivity contribution in [2.75, 3.05) is 26.2 Å². The van der Waals surface area contributed by atoms with E-state index < -0.39 is 0 Å². The van der Waals surface area contributed by atoms with Gasteiger partial charge in [0.25, 0.3) is 0 Å². The molecule has 1 aliphatic rings. The van der Waals surface area contributed by atoms with Crippen LogP contribution >= 0.6 is 11.6 Å². The highest BCUT2D eigenvalue weighted by atomic mass is 35.5. The Morgan fingerprint density at radius 1 is 1.04 bits per heavy atom. The molecule has 0 radical (unpaired) electrons. The third kappa shape index (κ3) is 5.05. The van der Waals surface area contributed by atoms with Crippen molar-refractivity contribution in [3.8, 4) is 0 Å². The van der Waals surface area contributed by atoms with E-state index >= 15 is 0 Å². The summed E-state index contributed by atoms with van der Waals surface area (Å²) in [5.74, 6) is 0. The van der Waals surface area contributed by atoms with Gasteiger partial charge in [-0.25, -0.2) is 0 Å². The van der Waals surface area contributed by atoms with Crippen molar-refractivity contribution >= 4 is 11.6 Å². The normalized spacial score (nSPS) is 19.2. The molecule has 1 saturated heterocycles. The highest BCUT2D eigenvalue weighted by Crippen LogP contribution is 2.21. The molecule has 2 aromatic carbocycles. The van der Waals surface area contributed by atoms with Crippen molar-refractivity contribution < 1.29 is 5.11 Å². The van der Waals surface area contributed by atoms with E-state index in [1.165, 1.54) is 16.7 Å². The molecule has 3 rings (SSSR count). The van der Waals surface area contributed by atoms with E-state index in [2.05, 4.69) is 47.1 Å². The fraction of sp³-hybridized carbons (Fsp3) is 0.429. The lowest BCUT2D eigenvalue weighted by molar-refractivity contribution is 0.0500. The fourth-order valence-electron chi connectivity index (χ4n) is 3.53. The Labute approximate surface area is 155 Å². The molecule has 1 fully saturated rings. The first kappa shape index (κ1) is 18.4. The number of hydrogen-bond donors (Lipinski definition) is 1. The lowest BCUT2D eigenvalue weighted by Gasteiger charge is -2.41. The van der Waals surface area contributed by atoms with E-state index in [1.54, 1.807) is 0 Å². The highest BCUT2D eigenvalue weighted by Gasteiger charge is 2.26. The molecule has 0 bridgehead atoms. The Hall–Kier alpha value is -1.39. The van der Waals surface area contributed by atoms with Crippen LogP contribution in [0.15, 0.2) is 48.5 Å². The second-order valence-electron chi connectivity index (χ2n) is 6.95. The predicted octanol–water partition coefficient (Wildman–Crippen LogP) is 3.72. The number of nitrogens with zero attached hydrogens (tertiary/aromatic N) is 2. The van der Waals surface area contributed by atoms with Crippen LogP contribution in [0.3, 0.4) is 0 Å². The molecule has 0 aliphatic carbocycles. The van der Waals surface area contributed by atoms with Crippen LogP contribution in [0.1, 0.15) is 23.1 Å². The van der Waals surface area contributed by atoms with Crippen LogP contribution in [-0.4, -0.2) is 47.2 Å². The van der Waals surface area contributed by atoms with E-state index in [-0.39, 0.29) is 6.61 Å².